The van der Waals surface area contributed by atoms with Crippen LogP contribution in [0.3, 0.4) is 0 Å². The first-order valence-corrected chi connectivity index (χ1v) is 9.42. The Bertz CT molecular complexity index is 680. The number of hydrogen-bond donors (Lipinski definition) is 1. The van der Waals surface area contributed by atoms with E-state index in [0.717, 1.165) is 25.1 Å². The third kappa shape index (κ3) is 6.19. The van der Waals surface area contributed by atoms with Gasteiger partial charge in [0.2, 0.25) is 0 Å². The lowest BCUT2D eigenvalue weighted by Crippen LogP contribution is -2.30. The summed E-state index contributed by atoms with van der Waals surface area (Å²) in [5.74, 6) is 0.174. The fourth-order valence-corrected chi connectivity index (χ4v) is 3.15. The molecule has 2 aromatic carbocycles. The molecule has 0 atom stereocenters. The number of ether oxygens (including phenoxy) is 1. The van der Waals surface area contributed by atoms with Gasteiger partial charge in [-0.2, -0.15) is 0 Å². The van der Waals surface area contributed by atoms with Gasteiger partial charge >= 0.3 is 5.97 Å². The second-order valence-electron chi connectivity index (χ2n) is 6.92. The Kier molecular flexibility index (Phi) is 6.67. The Hall–Kier alpha value is -2.33. The number of carboxylic acids is 1. The zero-order valence-corrected chi connectivity index (χ0v) is 15.1. The molecule has 26 heavy (non-hydrogen) atoms. The van der Waals surface area contributed by atoms with Gasteiger partial charge in [-0.15, -0.1) is 0 Å². The van der Waals surface area contributed by atoms with Crippen LogP contribution in [0.15, 0.2) is 54.6 Å². The number of aliphatic carboxylic acids is 1. The van der Waals surface area contributed by atoms with Gasteiger partial charge in [-0.1, -0.05) is 42.5 Å². The van der Waals surface area contributed by atoms with Crippen LogP contribution in [0.4, 0.5) is 0 Å². The average Bonchev–Trinajstić information content (AvgIpc) is 3.48. The minimum absolute atomic E-state index is 0.222. The van der Waals surface area contributed by atoms with E-state index < -0.39 is 5.97 Å². The number of carboxylic acid groups (broad SMARTS) is 1. The predicted octanol–water partition coefficient (Wildman–Crippen LogP) is 3.99. The van der Waals surface area contributed by atoms with Crippen LogP contribution >= 0.6 is 0 Å². The van der Waals surface area contributed by atoms with E-state index in [2.05, 4.69) is 41.3 Å². The molecule has 1 fully saturated rings. The molecule has 0 radical (unpaired) electrons. The van der Waals surface area contributed by atoms with Crippen molar-refractivity contribution in [3.63, 3.8) is 0 Å². The van der Waals surface area contributed by atoms with E-state index >= 15 is 0 Å². The zero-order valence-electron chi connectivity index (χ0n) is 15.1. The number of nitrogens with zero attached hydrogens (tertiary/aromatic N) is 1. The molecule has 0 aliphatic heterocycles. The van der Waals surface area contributed by atoms with Crippen LogP contribution in [-0.4, -0.2) is 41.7 Å². The first-order chi connectivity index (χ1) is 12.7. The molecule has 138 valence electrons. The molecule has 0 saturated heterocycles. The first kappa shape index (κ1) is 18.5. The van der Waals surface area contributed by atoms with Gasteiger partial charge in [-0.25, -0.2) is 0 Å². The van der Waals surface area contributed by atoms with Crippen molar-refractivity contribution in [1.82, 2.24) is 4.90 Å². The Balaban J connectivity index is 1.38. The lowest BCUT2D eigenvalue weighted by Gasteiger charge is -2.21. The highest BCUT2D eigenvalue weighted by molar-refractivity contribution is 5.66. The molecule has 1 aliphatic rings. The normalized spacial score (nSPS) is 13.7. The third-order valence-electron chi connectivity index (χ3n) is 4.71. The van der Waals surface area contributed by atoms with Crippen molar-refractivity contribution >= 4 is 5.97 Å². The number of hydrogen-bond acceptors (Lipinski definition) is 3. The van der Waals surface area contributed by atoms with Crippen molar-refractivity contribution in [2.45, 2.75) is 38.1 Å². The molecule has 0 spiro atoms. The molecule has 2 aromatic rings. The molecule has 3 rings (SSSR count). The van der Waals surface area contributed by atoms with Crippen LogP contribution < -0.4 is 4.74 Å². The summed E-state index contributed by atoms with van der Waals surface area (Å²) in [6.45, 7) is 2.21. The van der Waals surface area contributed by atoms with Crippen molar-refractivity contribution in [3.8, 4) is 5.75 Å². The fraction of sp³-hybridized carbons (Fsp3) is 0.409. The first-order valence-electron chi connectivity index (χ1n) is 9.42. The molecular weight excluding hydrogens is 326 g/mol. The van der Waals surface area contributed by atoms with Crippen LogP contribution in [-0.2, 0) is 11.2 Å². The molecule has 1 saturated carbocycles. The molecule has 0 amide bonds. The minimum Gasteiger partial charge on any atom is -0.494 e. The highest BCUT2D eigenvalue weighted by Crippen LogP contribution is 2.27. The summed E-state index contributed by atoms with van der Waals surface area (Å²) in [6.07, 6.45) is 4.47. The van der Waals surface area contributed by atoms with Crippen molar-refractivity contribution in [2.75, 3.05) is 19.7 Å². The van der Waals surface area contributed by atoms with Gasteiger partial charge in [-0.3, -0.25) is 9.69 Å². The second kappa shape index (κ2) is 9.39. The van der Waals surface area contributed by atoms with Crippen LogP contribution in [0.5, 0.6) is 5.75 Å². The highest BCUT2D eigenvalue weighted by Gasteiger charge is 2.28. The van der Waals surface area contributed by atoms with Crippen LogP contribution in [0.2, 0.25) is 0 Å². The summed E-state index contributed by atoms with van der Waals surface area (Å²) in [7, 11) is 0. The Morgan fingerprint density at radius 3 is 2.35 bits per heavy atom. The second-order valence-corrected chi connectivity index (χ2v) is 6.92. The molecular formula is C22H27NO3. The monoisotopic (exact) mass is 353 g/mol. The number of carbonyl (C=O) groups is 1. The van der Waals surface area contributed by atoms with E-state index in [1.807, 2.05) is 18.2 Å². The van der Waals surface area contributed by atoms with Gasteiger partial charge in [0.25, 0.3) is 0 Å². The molecule has 0 unspecified atom stereocenters. The fourth-order valence-electron chi connectivity index (χ4n) is 3.15. The van der Waals surface area contributed by atoms with E-state index in [4.69, 9.17) is 9.84 Å². The summed E-state index contributed by atoms with van der Waals surface area (Å²) in [5.41, 5.74) is 2.58. The topological polar surface area (TPSA) is 49.8 Å². The van der Waals surface area contributed by atoms with Crippen LogP contribution in [0, 0.1) is 0 Å². The van der Waals surface area contributed by atoms with Crippen molar-refractivity contribution in [2.24, 2.45) is 0 Å². The zero-order chi connectivity index (χ0) is 18.2. The van der Waals surface area contributed by atoms with Gasteiger partial charge in [0, 0.05) is 19.1 Å². The smallest absolute Gasteiger partial charge is 0.304 e. The van der Waals surface area contributed by atoms with E-state index in [-0.39, 0.29) is 6.42 Å². The highest BCUT2D eigenvalue weighted by atomic mass is 16.5. The number of benzene rings is 2. The Labute approximate surface area is 155 Å². The lowest BCUT2D eigenvalue weighted by atomic mass is 10.1. The third-order valence-corrected chi connectivity index (χ3v) is 4.71. The largest absolute Gasteiger partial charge is 0.494 e. The molecule has 1 aliphatic carbocycles. The quantitative estimate of drug-likeness (QED) is 0.621. The number of rotatable bonds is 11. The summed E-state index contributed by atoms with van der Waals surface area (Å²) < 4.78 is 5.84. The van der Waals surface area contributed by atoms with Crippen molar-refractivity contribution in [3.05, 3.63) is 65.7 Å². The average molecular weight is 353 g/mol. The molecule has 0 heterocycles. The molecule has 0 aromatic heterocycles. The molecule has 0 bridgehead atoms. The Morgan fingerprint density at radius 2 is 1.69 bits per heavy atom. The summed E-state index contributed by atoms with van der Waals surface area (Å²) >= 11 is 0. The van der Waals surface area contributed by atoms with Gasteiger partial charge in [0.15, 0.2) is 0 Å². The van der Waals surface area contributed by atoms with Crippen LogP contribution in [0.1, 0.15) is 36.8 Å². The molecule has 4 nitrogen and oxygen atoms in total. The van der Waals surface area contributed by atoms with Gasteiger partial charge < -0.3 is 9.84 Å². The van der Waals surface area contributed by atoms with Crippen LogP contribution in [0.25, 0.3) is 0 Å². The SMILES string of the molecule is O=C(O)CCN(CCCOc1ccc(Cc2ccccc2)cc1)C1CC1. The van der Waals surface area contributed by atoms with E-state index in [1.165, 1.54) is 24.0 Å². The van der Waals surface area contributed by atoms with Gasteiger partial charge in [0.1, 0.15) is 5.75 Å². The standard InChI is InChI=1S/C22H27NO3/c24-22(25)13-15-23(20-9-10-20)14-4-16-26-21-11-7-19(8-12-21)17-18-5-2-1-3-6-18/h1-3,5-8,11-12,20H,4,9-10,13-17H2,(H,24,25). The van der Waals surface area contributed by atoms with E-state index in [1.54, 1.807) is 0 Å². The van der Waals surface area contributed by atoms with E-state index in [0.29, 0.717) is 19.2 Å². The maximum absolute atomic E-state index is 10.8. The maximum atomic E-state index is 10.8. The lowest BCUT2D eigenvalue weighted by molar-refractivity contribution is -0.137. The minimum atomic E-state index is -0.720. The maximum Gasteiger partial charge on any atom is 0.304 e. The Morgan fingerprint density at radius 1 is 1.00 bits per heavy atom. The molecule has 1 N–H and O–H groups in total. The van der Waals surface area contributed by atoms with Gasteiger partial charge in [0.05, 0.1) is 13.0 Å². The van der Waals surface area contributed by atoms with Crippen molar-refractivity contribution in [1.29, 1.82) is 0 Å². The molecule has 4 heteroatoms. The van der Waals surface area contributed by atoms with E-state index in [9.17, 15) is 4.79 Å². The summed E-state index contributed by atoms with van der Waals surface area (Å²) in [4.78, 5) is 13.0. The summed E-state index contributed by atoms with van der Waals surface area (Å²) in [5, 5.41) is 8.85. The summed E-state index contributed by atoms with van der Waals surface area (Å²) in [6, 6.07) is 19.3. The predicted molar refractivity (Wildman–Crippen MR) is 103 cm³/mol. The van der Waals surface area contributed by atoms with Gasteiger partial charge in [-0.05, 0) is 48.9 Å². The van der Waals surface area contributed by atoms with Crippen molar-refractivity contribution < 1.29 is 14.6 Å².